The Kier molecular flexibility index (Phi) is 5.03. The maximum Gasteiger partial charge on any atom is 0.249 e. The average molecular weight is 392 g/mol. The fourth-order valence-electron chi connectivity index (χ4n) is 3.48. The minimum absolute atomic E-state index is 0.272. The van der Waals surface area contributed by atoms with E-state index in [2.05, 4.69) is 9.97 Å². The molecule has 0 saturated heterocycles. The molecule has 152 valence electrons. The number of carbonyl (C=O) groups excluding carboxylic acids is 1. The van der Waals surface area contributed by atoms with E-state index in [0.717, 1.165) is 27.7 Å². The number of phenols is 1. The molecule has 5 nitrogen and oxygen atoms in total. The van der Waals surface area contributed by atoms with Crippen LogP contribution in [-0.4, -0.2) is 21.0 Å². The second-order valence-electron chi connectivity index (χ2n) is 9.49. The average Bonchev–Trinajstić information content (AvgIpc) is 3.01. The van der Waals surface area contributed by atoms with Gasteiger partial charge < -0.3 is 15.8 Å². The third-order valence-electron chi connectivity index (χ3n) is 5.09. The van der Waals surface area contributed by atoms with Crippen LogP contribution >= 0.6 is 0 Å². The third-order valence-corrected chi connectivity index (χ3v) is 5.09. The first kappa shape index (κ1) is 20.6. The molecule has 2 heterocycles. The number of aromatic amines is 1. The first-order valence-corrected chi connectivity index (χ1v) is 9.71. The van der Waals surface area contributed by atoms with Crippen LogP contribution in [0, 0.1) is 0 Å². The highest BCUT2D eigenvalue weighted by atomic mass is 16.3. The number of amides is 1. The van der Waals surface area contributed by atoms with Crippen LogP contribution < -0.4 is 5.73 Å². The minimum atomic E-state index is -0.520. The van der Waals surface area contributed by atoms with Crippen molar-refractivity contribution in [1.29, 1.82) is 0 Å². The van der Waals surface area contributed by atoms with Crippen LogP contribution in [0.2, 0.25) is 0 Å². The van der Waals surface area contributed by atoms with Crippen LogP contribution in [0.3, 0.4) is 0 Å². The lowest BCUT2D eigenvalue weighted by Crippen LogP contribution is -2.19. The Morgan fingerprint density at radius 1 is 1.10 bits per heavy atom. The van der Waals surface area contributed by atoms with Crippen molar-refractivity contribution < 1.29 is 9.90 Å². The van der Waals surface area contributed by atoms with Crippen molar-refractivity contribution in [1.82, 2.24) is 9.97 Å². The van der Waals surface area contributed by atoms with E-state index < -0.39 is 5.91 Å². The molecule has 1 aromatic carbocycles. The lowest BCUT2D eigenvalue weighted by molar-refractivity contribution is -0.112. The van der Waals surface area contributed by atoms with Crippen LogP contribution in [0.4, 0.5) is 0 Å². The van der Waals surface area contributed by atoms with Crippen molar-refractivity contribution >= 4 is 28.6 Å². The van der Waals surface area contributed by atoms with Crippen LogP contribution in [0.1, 0.15) is 63.8 Å². The summed E-state index contributed by atoms with van der Waals surface area (Å²) in [5.74, 6) is -0.248. The molecule has 3 rings (SSSR count). The fourth-order valence-corrected chi connectivity index (χ4v) is 3.48. The van der Waals surface area contributed by atoms with E-state index in [9.17, 15) is 9.90 Å². The van der Waals surface area contributed by atoms with Crippen LogP contribution in [0.25, 0.3) is 22.7 Å². The van der Waals surface area contributed by atoms with Gasteiger partial charge in [-0.25, -0.2) is 4.98 Å². The van der Waals surface area contributed by atoms with Gasteiger partial charge in [0.15, 0.2) is 0 Å². The van der Waals surface area contributed by atoms with E-state index in [0.29, 0.717) is 11.1 Å². The quantitative estimate of drug-likeness (QED) is 0.555. The van der Waals surface area contributed by atoms with Gasteiger partial charge in [0.1, 0.15) is 11.4 Å². The number of aromatic hydroxyl groups is 1. The minimum Gasteiger partial charge on any atom is -0.507 e. The molecule has 0 spiro atoms. The Morgan fingerprint density at radius 3 is 2.21 bits per heavy atom. The molecule has 0 unspecified atom stereocenters. The van der Waals surface area contributed by atoms with Gasteiger partial charge in [-0.05, 0) is 46.7 Å². The number of nitrogens with two attached hydrogens (primary N) is 1. The summed E-state index contributed by atoms with van der Waals surface area (Å²) >= 11 is 0. The largest absolute Gasteiger partial charge is 0.507 e. The summed E-state index contributed by atoms with van der Waals surface area (Å²) in [6, 6.07) is 7.54. The first-order valence-electron chi connectivity index (χ1n) is 9.71. The Hall–Kier alpha value is -3.08. The van der Waals surface area contributed by atoms with Gasteiger partial charge in [-0.2, -0.15) is 0 Å². The summed E-state index contributed by atoms with van der Waals surface area (Å²) in [6.45, 7) is 12.2. The summed E-state index contributed by atoms with van der Waals surface area (Å²) in [5.41, 5.74) is 9.44. The molecule has 0 saturated carbocycles. The van der Waals surface area contributed by atoms with Gasteiger partial charge in [-0.15, -0.1) is 0 Å². The molecule has 5 heteroatoms. The van der Waals surface area contributed by atoms with Gasteiger partial charge in [0.25, 0.3) is 0 Å². The number of benzene rings is 1. The summed E-state index contributed by atoms with van der Waals surface area (Å²) in [7, 11) is 0. The van der Waals surface area contributed by atoms with Gasteiger partial charge >= 0.3 is 0 Å². The highest BCUT2D eigenvalue weighted by Crippen LogP contribution is 2.41. The van der Waals surface area contributed by atoms with E-state index in [1.807, 2.05) is 72.0 Å². The standard InChI is InChI=1S/C24H29N3O2/c1-23(2,3)18-11-14(12-19(20(18)28)24(4,5)6)17(21(25)29)10-15-13-27-22-16(15)8-7-9-26-22/h7-13,28H,1-6H3,(H2,25,29)(H,26,27)/b17-10-. The molecule has 1 amide bonds. The van der Waals surface area contributed by atoms with E-state index in [4.69, 9.17) is 5.73 Å². The molecule has 0 fully saturated rings. The smallest absolute Gasteiger partial charge is 0.249 e. The number of hydrogen-bond acceptors (Lipinski definition) is 3. The predicted octanol–water partition coefficient (Wildman–Crippen LogP) is 4.89. The summed E-state index contributed by atoms with van der Waals surface area (Å²) < 4.78 is 0. The number of primary amides is 1. The Bertz CT molecular complexity index is 1070. The molecular formula is C24H29N3O2. The summed E-state index contributed by atoms with van der Waals surface area (Å²) in [6.07, 6.45) is 5.32. The zero-order valence-corrected chi connectivity index (χ0v) is 17.9. The second-order valence-corrected chi connectivity index (χ2v) is 9.49. The lowest BCUT2D eigenvalue weighted by Gasteiger charge is -2.28. The van der Waals surface area contributed by atoms with Crippen molar-refractivity contribution in [3.8, 4) is 5.75 Å². The molecule has 0 atom stereocenters. The summed E-state index contributed by atoms with van der Waals surface area (Å²) in [4.78, 5) is 19.8. The van der Waals surface area contributed by atoms with Gasteiger partial charge in [0, 0.05) is 40.0 Å². The van der Waals surface area contributed by atoms with Crippen molar-refractivity contribution in [3.05, 3.63) is 58.9 Å². The number of phenolic OH excluding ortho intramolecular Hbond substituents is 1. The Balaban J connectivity index is 2.29. The number of carbonyl (C=O) groups is 1. The molecule has 29 heavy (non-hydrogen) atoms. The molecule has 0 aliphatic rings. The third kappa shape index (κ3) is 4.04. The van der Waals surface area contributed by atoms with Gasteiger partial charge in [-0.1, -0.05) is 41.5 Å². The maximum absolute atomic E-state index is 12.4. The molecule has 0 aliphatic carbocycles. The predicted molar refractivity (Wildman–Crippen MR) is 119 cm³/mol. The highest BCUT2D eigenvalue weighted by Gasteiger charge is 2.27. The Morgan fingerprint density at radius 2 is 1.69 bits per heavy atom. The number of H-pyrrole nitrogens is 1. The van der Waals surface area contributed by atoms with Crippen molar-refractivity contribution in [3.63, 3.8) is 0 Å². The number of nitrogens with one attached hydrogen (secondary N) is 1. The number of hydrogen-bond donors (Lipinski definition) is 3. The monoisotopic (exact) mass is 391 g/mol. The van der Waals surface area contributed by atoms with Crippen molar-refractivity contribution in [2.45, 2.75) is 52.4 Å². The second kappa shape index (κ2) is 7.07. The number of aromatic nitrogens is 2. The number of nitrogens with zero attached hydrogens (tertiary/aromatic N) is 1. The zero-order valence-electron chi connectivity index (χ0n) is 17.9. The molecular weight excluding hydrogens is 362 g/mol. The van der Waals surface area contributed by atoms with Crippen LogP contribution in [-0.2, 0) is 15.6 Å². The van der Waals surface area contributed by atoms with Gasteiger partial charge in [-0.3, -0.25) is 4.79 Å². The van der Waals surface area contributed by atoms with E-state index in [1.54, 1.807) is 12.3 Å². The molecule has 2 aromatic heterocycles. The summed E-state index contributed by atoms with van der Waals surface area (Å²) in [5, 5.41) is 11.9. The SMILES string of the molecule is CC(C)(C)c1cc(/C(=C/c2c[nH]c3ncccc23)C(N)=O)cc(C(C)(C)C)c1O. The van der Waals surface area contributed by atoms with E-state index in [1.165, 1.54) is 0 Å². The van der Waals surface area contributed by atoms with Gasteiger partial charge in [0.2, 0.25) is 5.91 Å². The van der Waals surface area contributed by atoms with Gasteiger partial charge in [0.05, 0.1) is 0 Å². The lowest BCUT2D eigenvalue weighted by atomic mass is 9.77. The van der Waals surface area contributed by atoms with E-state index >= 15 is 0 Å². The first-order chi connectivity index (χ1) is 13.4. The number of fused-ring (bicyclic) bond motifs is 1. The molecule has 0 bridgehead atoms. The van der Waals surface area contributed by atoms with Crippen LogP contribution in [0.5, 0.6) is 5.75 Å². The van der Waals surface area contributed by atoms with Crippen molar-refractivity contribution in [2.75, 3.05) is 0 Å². The molecule has 0 aliphatic heterocycles. The fraction of sp³-hybridized carbons (Fsp3) is 0.333. The molecule has 3 aromatic rings. The van der Waals surface area contributed by atoms with Crippen molar-refractivity contribution in [2.24, 2.45) is 5.73 Å². The highest BCUT2D eigenvalue weighted by molar-refractivity contribution is 6.24. The number of pyridine rings is 1. The molecule has 4 N–H and O–H groups in total. The number of rotatable bonds is 3. The van der Waals surface area contributed by atoms with E-state index in [-0.39, 0.29) is 16.6 Å². The maximum atomic E-state index is 12.4. The van der Waals surface area contributed by atoms with Crippen LogP contribution in [0.15, 0.2) is 36.7 Å². The zero-order chi connectivity index (χ0) is 21.6. The molecule has 0 radical (unpaired) electrons. The Labute approximate surface area is 171 Å². The topological polar surface area (TPSA) is 92.0 Å². The normalized spacial score (nSPS) is 13.1.